The standard InChI is InChI=1S/C27H22F6N2O6S/c1-40-24(36)7-8-34-9-10-35(42(38,39)21-4-2-3-18(14-21)27(31,32)33)23-13-16(5-6-22(23)25(34)37)17-11-19(28)15-20(12-17)41-26(29)30/h2-6,11-15,26H,7-10H2,1H3. The maximum Gasteiger partial charge on any atom is 0.416 e. The van der Waals surface area contributed by atoms with Crippen molar-refractivity contribution in [1.29, 1.82) is 0 Å². The number of ether oxygens (including phenoxy) is 2. The van der Waals surface area contributed by atoms with Gasteiger partial charge in [0.2, 0.25) is 0 Å². The van der Waals surface area contributed by atoms with E-state index in [4.69, 9.17) is 0 Å². The Kier molecular flexibility index (Phi) is 8.71. The fraction of sp³-hybridized carbons (Fsp3) is 0.259. The largest absolute Gasteiger partial charge is 0.469 e. The molecule has 1 heterocycles. The van der Waals surface area contributed by atoms with Crippen LogP contribution in [-0.2, 0) is 25.7 Å². The summed E-state index contributed by atoms with van der Waals surface area (Å²) in [5.41, 5.74) is -1.57. The van der Waals surface area contributed by atoms with Crippen molar-refractivity contribution < 1.29 is 53.8 Å². The highest BCUT2D eigenvalue weighted by molar-refractivity contribution is 7.92. The molecule has 0 spiro atoms. The van der Waals surface area contributed by atoms with E-state index in [-0.39, 0.29) is 41.9 Å². The monoisotopic (exact) mass is 616 g/mol. The van der Waals surface area contributed by atoms with E-state index in [0.717, 1.165) is 35.7 Å². The topological polar surface area (TPSA) is 93.2 Å². The van der Waals surface area contributed by atoms with Crippen LogP contribution in [0.1, 0.15) is 22.3 Å². The molecule has 0 aliphatic carbocycles. The highest BCUT2D eigenvalue weighted by Gasteiger charge is 2.36. The Bertz CT molecular complexity index is 1610. The molecule has 3 aromatic rings. The van der Waals surface area contributed by atoms with Crippen LogP contribution in [0.25, 0.3) is 11.1 Å². The van der Waals surface area contributed by atoms with Crippen LogP contribution in [0, 0.1) is 5.82 Å². The maximum atomic E-state index is 14.3. The predicted molar refractivity (Wildman–Crippen MR) is 137 cm³/mol. The molecule has 1 aliphatic rings. The first-order chi connectivity index (χ1) is 19.7. The van der Waals surface area contributed by atoms with E-state index in [0.29, 0.717) is 18.2 Å². The number of rotatable bonds is 8. The van der Waals surface area contributed by atoms with E-state index < -0.39 is 63.3 Å². The number of anilines is 1. The van der Waals surface area contributed by atoms with Gasteiger partial charge in [-0.05, 0) is 53.6 Å². The van der Waals surface area contributed by atoms with Gasteiger partial charge in [-0.3, -0.25) is 13.9 Å². The number of halogens is 6. The molecule has 3 aromatic carbocycles. The highest BCUT2D eigenvalue weighted by Crippen LogP contribution is 2.37. The number of hydrogen-bond donors (Lipinski definition) is 0. The smallest absolute Gasteiger partial charge is 0.416 e. The molecule has 0 unspecified atom stereocenters. The molecule has 8 nitrogen and oxygen atoms in total. The van der Waals surface area contributed by atoms with E-state index in [2.05, 4.69) is 9.47 Å². The van der Waals surface area contributed by atoms with Gasteiger partial charge in [0.15, 0.2) is 0 Å². The van der Waals surface area contributed by atoms with Crippen LogP contribution in [0.4, 0.5) is 32.0 Å². The summed E-state index contributed by atoms with van der Waals surface area (Å²) in [6, 6.07) is 9.53. The molecule has 1 aliphatic heterocycles. The number of fused-ring (bicyclic) bond motifs is 1. The second kappa shape index (κ2) is 11.9. The zero-order valence-electron chi connectivity index (χ0n) is 21.7. The number of amides is 1. The first kappa shape index (κ1) is 30.7. The Morgan fingerprint density at radius 1 is 1.00 bits per heavy atom. The lowest BCUT2D eigenvalue weighted by molar-refractivity contribution is -0.141. The molecule has 4 rings (SSSR count). The number of methoxy groups -OCH3 is 1. The summed E-state index contributed by atoms with van der Waals surface area (Å²) < 4.78 is 117. The molecule has 42 heavy (non-hydrogen) atoms. The Labute approximate surface area is 236 Å². The summed E-state index contributed by atoms with van der Waals surface area (Å²) in [6.07, 6.45) is -5.06. The molecular formula is C27H22F6N2O6S. The molecule has 1 amide bonds. The quantitative estimate of drug-likeness (QED) is 0.251. The normalized spacial score (nSPS) is 14.0. The zero-order chi connectivity index (χ0) is 30.8. The second-order valence-electron chi connectivity index (χ2n) is 9.01. The van der Waals surface area contributed by atoms with Crippen molar-refractivity contribution in [2.24, 2.45) is 0 Å². The first-order valence-electron chi connectivity index (χ1n) is 12.2. The van der Waals surface area contributed by atoms with Crippen LogP contribution in [0.3, 0.4) is 0 Å². The second-order valence-corrected chi connectivity index (χ2v) is 10.9. The van der Waals surface area contributed by atoms with Crippen molar-refractivity contribution in [2.45, 2.75) is 24.1 Å². The number of sulfonamides is 1. The lowest BCUT2D eigenvalue weighted by Gasteiger charge is -2.25. The molecule has 0 fully saturated rings. The van der Waals surface area contributed by atoms with Gasteiger partial charge in [-0.15, -0.1) is 0 Å². The number of carbonyl (C=O) groups is 2. The number of hydrogen-bond acceptors (Lipinski definition) is 6. The third kappa shape index (κ3) is 6.61. The van der Waals surface area contributed by atoms with Crippen molar-refractivity contribution in [3.63, 3.8) is 0 Å². The van der Waals surface area contributed by atoms with Crippen molar-refractivity contribution >= 4 is 27.6 Å². The maximum absolute atomic E-state index is 14.3. The lowest BCUT2D eigenvalue weighted by atomic mass is 10.0. The van der Waals surface area contributed by atoms with Gasteiger partial charge in [-0.2, -0.15) is 22.0 Å². The molecule has 0 N–H and O–H groups in total. The number of esters is 1. The van der Waals surface area contributed by atoms with Crippen LogP contribution in [0.15, 0.2) is 65.6 Å². The molecule has 224 valence electrons. The third-order valence-electron chi connectivity index (χ3n) is 6.35. The molecular weight excluding hydrogens is 594 g/mol. The Hall–Kier alpha value is -4.27. The third-order valence-corrected chi connectivity index (χ3v) is 8.16. The van der Waals surface area contributed by atoms with Crippen molar-refractivity contribution in [1.82, 2.24) is 4.90 Å². The van der Waals surface area contributed by atoms with E-state index in [1.807, 2.05) is 0 Å². The summed E-state index contributed by atoms with van der Waals surface area (Å²) in [5, 5.41) is 0. The fourth-order valence-electron chi connectivity index (χ4n) is 4.35. The van der Waals surface area contributed by atoms with Crippen molar-refractivity contribution in [2.75, 3.05) is 31.0 Å². The summed E-state index contributed by atoms with van der Waals surface area (Å²) in [6.45, 7) is -4.08. The fourth-order valence-corrected chi connectivity index (χ4v) is 5.87. The van der Waals surface area contributed by atoms with E-state index in [9.17, 15) is 44.3 Å². The molecule has 0 radical (unpaired) electrons. The summed E-state index contributed by atoms with van der Waals surface area (Å²) >= 11 is 0. The SMILES string of the molecule is COC(=O)CCN1CCN(S(=O)(=O)c2cccc(C(F)(F)F)c2)c2cc(-c3cc(F)cc(OC(F)F)c3)ccc2C1=O. The van der Waals surface area contributed by atoms with Crippen LogP contribution in [-0.4, -0.2) is 58.5 Å². The number of alkyl halides is 5. The minimum Gasteiger partial charge on any atom is -0.469 e. The van der Waals surface area contributed by atoms with Crippen molar-refractivity contribution in [3.05, 3.63) is 77.6 Å². The van der Waals surface area contributed by atoms with Gasteiger partial charge < -0.3 is 14.4 Å². The number of benzene rings is 3. The molecule has 0 saturated carbocycles. The van der Waals surface area contributed by atoms with Gasteiger partial charge in [0, 0.05) is 19.2 Å². The Morgan fingerprint density at radius 3 is 2.40 bits per heavy atom. The summed E-state index contributed by atoms with van der Waals surface area (Å²) in [4.78, 5) is 25.6. The minimum absolute atomic E-state index is 0.0101. The minimum atomic E-state index is -4.84. The average molecular weight is 617 g/mol. The lowest BCUT2D eigenvalue weighted by Crippen LogP contribution is -2.38. The molecule has 0 saturated heterocycles. The Balaban J connectivity index is 1.86. The number of carbonyl (C=O) groups excluding carboxylic acids is 2. The summed E-state index contributed by atoms with van der Waals surface area (Å²) in [7, 11) is -3.58. The van der Waals surface area contributed by atoms with E-state index in [1.54, 1.807) is 0 Å². The molecule has 0 bridgehead atoms. The van der Waals surface area contributed by atoms with Gasteiger partial charge in [0.1, 0.15) is 11.6 Å². The Morgan fingerprint density at radius 2 is 1.74 bits per heavy atom. The van der Waals surface area contributed by atoms with E-state index in [1.165, 1.54) is 23.1 Å². The van der Waals surface area contributed by atoms with Crippen LogP contribution in [0.2, 0.25) is 0 Å². The molecule has 0 atom stereocenters. The van der Waals surface area contributed by atoms with Gasteiger partial charge in [-0.25, -0.2) is 12.8 Å². The van der Waals surface area contributed by atoms with Gasteiger partial charge >= 0.3 is 18.8 Å². The van der Waals surface area contributed by atoms with E-state index >= 15 is 0 Å². The average Bonchev–Trinajstić information content (AvgIpc) is 3.06. The number of nitrogens with zero attached hydrogens (tertiary/aromatic N) is 2. The zero-order valence-corrected chi connectivity index (χ0v) is 22.5. The summed E-state index contributed by atoms with van der Waals surface area (Å²) in [5.74, 6) is -2.79. The molecule has 15 heteroatoms. The van der Waals surface area contributed by atoms with Crippen LogP contribution >= 0.6 is 0 Å². The van der Waals surface area contributed by atoms with Crippen LogP contribution < -0.4 is 9.04 Å². The van der Waals surface area contributed by atoms with Crippen molar-refractivity contribution in [3.8, 4) is 16.9 Å². The van der Waals surface area contributed by atoms with Gasteiger partial charge in [0.25, 0.3) is 15.9 Å². The van der Waals surface area contributed by atoms with Gasteiger partial charge in [0.05, 0.1) is 41.8 Å². The predicted octanol–water partition coefficient (Wildman–Crippen LogP) is 5.33. The van der Waals surface area contributed by atoms with Crippen LogP contribution in [0.5, 0.6) is 5.75 Å². The first-order valence-corrected chi connectivity index (χ1v) is 13.6. The van der Waals surface area contributed by atoms with Gasteiger partial charge in [-0.1, -0.05) is 12.1 Å². The molecule has 0 aromatic heterocycles. The highest BCUT2D eigenvalue weighted by atomic mass is 32.2.